The van der Waals surface area contributed by atoms with E-state index in [2.05, 4.69) is 74.3 Å². The highest BCUT2D eigenvalue weighted by Gasteiger charge is 2.51. The van der Waals surface area contributed by atoms with Crippen LogP contribution in [-0.2, 0) is 4.43 Å². The van der Waals surface area contributed by atoms with E-state index in [-0.39, 0.29) is 5.22 Å². The van der Waals surface area contributed by atoms with Crippen LogP contribution < -0.4 is 0 Å². The minimum atomic E-state index is -1.75. The van der Waals surface area contributed by atoms with Gasteiger partial charge in [-0.15, -0.1) is 0 Å². The number of hydrogen-bond acceptors (Lipinski definition) is 1. The lowest BCUT2D eigenvalue weighted by Gasteiger charge is -2.52. The highest BCUT2D eigenvalue weighted by atomic mass is 28.4. The van der Waals surface area contributed by atoms with Crippen molar-refractivity contribution in [3.8, 4) is 0 Å². The molecule has 0 aromatic heterocycles. The van der Waals surface area contributed by atoms with Crippen LogP contribution in [0.1, 0.15) is 54.4 Å². The van der Waals surface area contributed by atoms with Crippen molar-refractivity contribution < 1.29 is 4.43 Å². The van der Waals surface area contributed by atoms with Crippen molar-refractivity contribution in [2.45, 2.75) is 97.4 Å². The van der Waals surface area contributed by atoms with Crippen LogP contribution in [-0.4, -0.2) is 21.6 Å². The van der Waals surface area contributed by atoms with E-state index in [9.17, 15) is 0 Å². The van der Waals surface area contributed by atoms with E-state index in [1.165, 1.54) is 6.42 Å². The quantitative estimate of drug-likeness (QED) is 0.518. The Kier molecular flexibility index (Phi) is 6.15. The summed E-state index contributed by atoms with van der Waals surface area (Å²) in [5.74, 6) is 0.682. The summed E-state index contributed by atoms with van der Waals surface area (Å²) in [7, 11) is -3.09. The second kappa shape index (κ2) is 6.02. The summed E-state index contributed by atoms with van der Waals surface area (Å²) >= 11 is 0. The second-order valence-electron chi connectivity index (χ2n) is 8.37. The van der Waals surface area contributed by atoms with Crippen molar-refractivity contribution in [2.75, 3.05) is 0 Å². The lowest BCUT2D eigenvalue weighted by molar-refractivity contribution is 0.130. The molecule has 0 aromatic rings. The Balaban J connectivity index is 5.46. The van der Waals surface area contributed by atoms with Crippen LogP contribution in [0.3, 0.4) is 0 Å². The fourth-order valence-corrected chi connectivity index (χ4v) is 9.76. The van der Waals surface area contributed by atoms with Crippen LogP contribution in [0.15, 0.2) is 0 Å². The predicted octanol–water partition coefficient (Wildman–Crippen LogP) is 6.08. The summed E-state index contributed by atoms with van der Waals surface area (Å²) in [6, 6.07) is 0. The first-order chi connectivity index (χ1) is 8.27. The van der Waals surface area contributed by atoms with E-state index >= 15 is 0 Å². The standard InChI is InChI=1S/C16H38OSi2/c1-12-15(5,14(3)4)19(10,11)17-16(6,13-2)18(7,8)9/h14H,12-13H2,1-11H3. The Labute approximate surface area is 124 Å². The normalized spacial score (nSPS) is 20.2. The molecule has 0 saturated heterocycles. The fourth-order valence-electron chi connectivity index (χ4n) is 2.96. The van der Waals surface area contributed by atoms with Gasteiger partial charge >= 0.3 is 0 Å². The lowest BCUT2D eigenvalue weighted by Crippen LogP contribution is -2.60. The molecular weight excluding hydrogens is 264 g/mol. The van der Waals surface area contributed by atoms with Crippen molar-refractivity contribution >= 4 is 16.4 Å². The van der Waals surface area contributed by atoms with Crippen LogP contribution in [0.5, 0.6) is 0 Å². The van der Waals surface area contributed by atoms with Crippen LogP contribution in [0.4, 0.5) is 0 Å². The van der Waals surface area contributed by atoms with Crippen molar-refractivity contribution in [1.29, 1.82) is 0 Å². The van der Waals surface area contributed by atoms with Gasteiger partial charge in [-0.1, -0.05) is 60.7 Å². The molecule has 19 heavy (non-hydrogen) atoms. The summed E-state index contributed by atoms with van der Waals surface area (Å²) in [4.78, 5) is 0. The SMILES string of the molecule is CCC(C)(O[Si](C)(C)C(C)(CC)C(C)C)[Si](C)(C)C. The Morgan fingerprint density at radius 1 is 0.895 bits per heavy atom. The molecule has 0 aliphatic carbocycles. The first-order valence-corrected chi connectivity index (χ1v) is 14.4. The van der Waals surface area contributed by atoms with E-state index < -0.39 is 16.4 Å². The molecule has 1 nitrogen and oxygen atoms in total. The summed E-state index contributed by atoms with van der Waals surface area (Å²) in [5, 5.41) is 0.455. The molecule has 0 saturated carbocycles. The first-order valence-electron chi connectivity index (χ1n) is 7.97. The molecule has 0 fully saturated rings. The van der Waals surface area contributed by atoms with Gasteiger partial charge in [0.15, 0.2) is 8.32 Å². The van der Waals surface area contributed by atoms with E-state index in [4.69, 9.17) is 4.43 Å². The molecule has 0 aliphatic heterocycles. The zero-order valence-corrected chi connectivity index (χ0v) is 17.4. The van der Waals surface area contributed by atoms with Gasteiger partial charge < -0.3 is 4.43 Å². The molecule has 0 aromatic carbocycles. The molecule has 0 bridgehead atoms. The van der Waals surface area contributed by atoms with Gasteiger partial charge in [-0.3, -0.25) is 0 Å². The van der Waals surface area contributed by atoms with Gasteiger partial charge in [-0.2, -0.15) is 0 Å². The van der Waals surface area contributed by atoms with E-state index in [1.54, 1.807) is 0 Å². The first kappa shape index (κ1) is 19.4. The molecular formula is C16H38OSi2. The summed E-state index contributed by atoms with van der Waals surface area (Å²) in [6.07, 6.45) is 2.35. The molecule has 0 spiro atoms. The third kappa shape index (κ3) is 3.73. The zero-order chi connectivity index (χ0) is 15.7. The molecule has 116 valence electrons. The molecule has 0 radical (unpaired) electrons. The Bertz CT molecular complexity index is 294. The molecule has 0 N–H and O–H groups in total. The van der Waals surface area contributed by atoms with Gasteiger partial charge in [0, 0.05) is 5.22 Å². The Morgan fingerprint density at radius 3 is 1.53 bits per heavy atom. The largest absolute Gasteiger partial charge is 0.414 e. The maximum atomic E-state index is 6.96. The smallest absolute Gasteiger partial charge is 0.193 e. The van der Waals surface area contributed by atoms with E-state index in [0.29, 0.717) is 11.0 Å². The van der Waals surface area contributed by atoms with Crippen LogP contribution >= 0.6 is 0 Å². The lowest BCUT2D eigenvalue weighted by atomic mass is 9.94. The number of rotatable bonds is 7. The average molecular weight is 303 g/mol. The van der Waals surface area contributed by atoms with Crippen molar-refractivity contribution in [1.82, 2.24) is 0 Å². The predicted molar refractivity (Wildman–Crippen MR) is 94.1 cm³/mol. The highest BCUT2D eigenvalue weighted by molar-refractivity contribution is 6.81. The maximum absolute atomic E-state index is 6.96. The van der Waals surface area contributed by atoms with Gasteiger partial charge in [-0.05, 0) is 37.4 Å². The third-order valence-electron chi connectivity index (χ3n) is 6.13. The molecule has 0 amide bonds. The summed E-state index contributed by atoms with van der Waals surface area (Å²) in [5.41, 5.74) is 0. The Hall–Kier alpha value is 0.394. The topological polar surface area (TPSA) is 9.23 Å². The van der Waals surface area contributed by atoms with Gasteiger partial charge in [0.2, 0.25) is 0 Å². The maximum Gasteiger partial charge on any atom is 0.193 e. The van der Waals surface area contributed by atoms with Gasteiger partial charge in [0.05, 0.1) is 8.07 Å². The summed E-state index contributed by atoms with van der Waals surface area (Å²) in [6.45, 7) is 26.4. The molecule has 3 heteroatoms. The van der Waals surface area contributed by atoms with E-state index in [0.717, 1.165) is 6.42 Å². The molecule has 0 heterocycles. The van der Waals surface area contributed by atoms with Gasteiger partial charge in [0.25, 0.3) is 0 Å². The van der Waals surface area contributed by atoms with E-state index in [1.807, 2.05) is 0 Å². The highest BCUT2D eigenvalue weighted by Crippen LogP contribution is 2.50. The van der Waals surface area contributed by atoms with Gasteiger partial charge in [-0.25, -0.2) is 0 Å². The second-order valence-corrected chi connectivity index (χ2v) is 18.3. The minimum Gasteiger partial charge on any atom is -0.414 e. The Morgan fingerprint density at radius 2 is 1.32 bits per heavy atom. The minimum absolute atomic E-state index is 0.105. The van der Waals surface area contributed by atoms with Crippen LogP contribution in [0.2, 0.25) is 37.8 Å². The zero-order valence-electron chi connectivity index (χ0n) is 15.4. The van der Waals surface area contributed by atoms with Crippen molar-refractivity contribution in [2.24, 2.45) is 5.92 Å². The average Bonchev–Trinajstić information content (AvgIpc) is 2.24. The summed E-state index contributed by atoms with van der Waals surface area (Å²) < 4.78 is 6.96. The number of hydrogen-bond donors (Lipinski definition) is 0. The molecule has 0 aliphatic rings. The van der Waals surface area contributed by atoms with Crippen LogP contribution in [0, 0.1) is 5.92 Å². The third-order valence-corrected chi connectivity index (χ3v) is 14.6. The molecule has 2 unspecified atom stereocenters. The van der Waals surface area contributed by atoms with Crippen molar-refractivity contribution in [3.05, 3.63) is 0 Å². The molecule has 0 rings (SSSR count). The molecule has 2 atom stereocenters. The van der Waals surface area contributed by atoms with Crippen LogP contribution in [0.25, 0.3) is 0 Å². The van der Waals surface area contributed by atoms with Crippen molar-refractivity contribution in [3.63, 3.8) is 0 Å². The fraction of sp³-hybridized carbons (Fsp3) is 1.00. The van der Waals surface area contributed by atoms with Gasteiger partial charge in [0.1, 0.15) is 0 Å². The monoisotopic (exact) mass is 302 g/mol.